The van der Waals surface area contributed by atoms with E-state index < -0.39 is 0 Å². The minimum Gasteiger partial charge on any atom is -0.329 e. The molecule has 1 aromatic heterocycles. The van der Waals surface area contributed by atoms with Gasteiger partial charge < -0.3 is 11.1 Å². The molecule has 2 nitrogen and oxygen atoms in total. The fourth-order valence-corrected chi connectivity index (χ4v) is 3.54. The van der Waals surface area contributed by atoms with Crippen LogP contribution in [0.1, 0.15) is 11.1 Å². The first-order chi connectivity index (χ1) is 10.8. The lowest BCUT2D eigenvalue weighted by atomic mass is 10.0. The molecule has 1 heterocycles. The summed E-state index contributed by atoms with van der Waals surface area (Å²) in [6, 6.07) is 15.2. The summed E-state index contributed by atoms with van der Waals surface area (Å²) in [5.74, 6) is -0.205. The Labute approximate surface area is 133 Å². The van der Waals surface area contributed by atoms with E-state index in [1.54, 1.807) is 23.5 Å². The molecular weight excluding hydrogens is 295 g/mol. The second-order valence-electron chi connectivity index (χ2n) is 5.40. The van der Waals surface area contributed by atoms with Crippen LogP contribution in [-0.2, 0) is 13.0 Å². The molecule has 22 heavy (non-hydrogen) atoms. The van der Waals surface area contributed by atoms with Crippen LogP contribution >= 0.6 is 11.3 Å². The smallest absolute Gasteiger partial charge is 0.123 e. The predicted octanol–water partition coefficient (Wildman–Crippen LogP) is 3.70. The first-order valence-electron chi connectivity index (χ1n) is 7.39. The van der Waals surface area contributed by atoms with Gasteiger partial charge in [0.05, 0.1) is 0 Å². The molecule has 0 bridgehead atoms. The molecule has 2 aromatic carbocycles. The summed E-state index contributed by atoms with van der Waals surface area (Å²) in [4.78, 5) is 0. The first-order valence-corrected chi connectivity index (χ1v) is 8.27. The molecule has 0 radical (unpaired) electrons. The standard InChI is InChI=1S/C18H19FN2S/c19-15-7-5-13(6-8-15)11-21-16(10-20)9-14-12-22-18-4-2-1-3-17(14)18/h1-8,12,16,21H,9-11,20H2. The molecule has 0 aliphatic heterocycles. The van der Waals surface area contributed by atoms with E-state index in [9.17, 15) is 4.39 Å². The number of hydrogen-bond donors (Lipinski definition) is 2. The average molecular weight is 314 g/mol. The van der Waals surface area contributed by atoms with E-state index in [1.165, 1.54) is 27.8 Å². The van der Waals surface area contributed by atoms with E-state index in [2.05, 4.69) is 35.0 Å². The summed E-state index contributed by atoms with van der Waals surface area (Å²) in [7, 11) is 0. The maximum Gasteiger partial charge on any atom is 0.123 e. The summed E-state index contributed by atoms with van der Waals surface area (Å²) < 4.78 is 14.2. The number of benzene rings is 2. The van der Waals surface area contributed by atoms with Gasteiger partial charge in [0.15, 0.2) is 0 Å². The highest BCUT2D eigenvalue weighted by molar-refractivity contribution is 7.17. The molecule has 3 aromatic rings. The minimum atomic E-state index is -0.205. The summed E-state index contributed by atoms with van der Waals surface area (Å²) in [6.45, 7) is 1.27. The zero-order valence-electron chi connectivity index (χ0n) is 12.3. The van der Waals surface area contributed by atoms with Crippen molar-refractivity contribution < 1.29 is 4.39 Å². The van der Waals surface area contributed by atoms with Crippen molar-refractivity contribution in [2.75, 3.05) is 6.54 Å². The highest BCUT2D eigenvalue weighted by Crippen LogP contribution is 2.26. The first kappa shape index (κ1) is 15.2. The lowest BCUT2D eigenvalue weighted by Crippen LogP contribution is -2.37. The van der Waals surface area contributed by atoms with Crippen molar-refractivity contribution >= 4 is 21.4 Å². The number of halogens is 1. The zero-order valence-corrected chi connectivity index (χ0v) is 13.1. The van der Waals surface area contributed by atoms with Crippen LogP contribution in [0.15, 0.2) is 53.9 Å². The Morgan fingerprint density at radius 3 is 2.64 bits per heavy atom. The lowest BCUT2D eigenvalue weighted by Gasteiger charge is -2.16. The maximum atomic E-state index is 12.9. The van der Waals surface area contributed by atoms with Crippen molar-refractivity contribution in [3.63, 3.8) is 0 Å². The summed E-state index contributed by atoms with van der Waals surface area (Å²) >= 11 is 1.77. The van der Waals surface area contributed by atoms with Gasteiger partial charge >= 0.3 is 0 Å². The third-order valence-corrected chi connectivity index (χ3v) is 4.83. The van der Waals surface area contributed by atoms with Crippen LogP contribution in [0.4, 0.5) is 4.39 Å². The Morgan fingerprint density at radius 1 is 1.09 bits per heavy atom. The predicted molar refractivity (Wildman–Crippen MR) is 91.6 cm³/mol. The van der Waals surface area contributed by atoms with Crippen molar-refractivity contribution in [2.45, 2.75) is 19.0 Å². The quantitative estimate of drug-likeness (QED) is 0.728. The van der Waals surface area contributed by atoms with Gasteiger partial charge in [0.1, 0.15) is 5.82 Å². The lowest BCUT2D eigenvalue weighted by molar-refractivity contribution is 0.516. The van der Waals surface area contributed by atoms with Crippen molar-refractivity contribution in [1.82, 2.24) is 5.32 Å². The Bertz CT molecular complexity index is 736. The fraction of sp³-hybridized carbons (Fsp3) is 0.222. The number of nitrogens with two attached hydrogens (primary N) is 1. The van der Waals surface area contributed by atoms with Crippen molar-refractivity contribution in [3.8, 4) is 0 Å². The van der Waals surface area contributed by atoms with Gasteiger partial charge in [-0.15, -0.1) is 11.3 Å². The summed E-state index contributed by atoms with van der Waals surface area (Å²) in [6.07, 6.45) is 0.904. The van der Waals surface area contributed by atoms with Gasteiger partial charge in [0, 0.05) is 23.8 Å². The Hall–Kier alpha value is -1.75. The monoisotopic (exact) mass is 314 g/mol. The van der Waals surface area contributed by atoms with E-state index in [0.717, 1.165) is 12.0 Å². The molecule has 0 spiro atoms. The minimum absolute atomic E-state index is 0.205. The third-order valence-electron chi connectivity index (χ3n) is 3.82. The van der Waals surface area contributed by atoms with Crippen LogP contribution in [0.3, 0.4) is 0 Å². The molecule has 0 aliphatic carbocycles. The molecule has 0 amide bonds. The number of fused-ring (bicyclic) bond motifs is 1. The van der Waals surface area contributed by atoms with Crippen molar-refractivity contribution in [2.24, 2.45) is 5.73 Å². The Morgan fingerprint density at radius 2 is 1.86 bits per heavy atom. The largest absolute Gasteiger partial charge is 0.329 e. The summed E-state index contributed by atoms with van der Waals surface area (Å²) in [5.41, 5.74) is 8.30. The Kier molecular flexibility index (Phi) is 4.83. The molecule has 0 fully saturated rings. The van der Waals surface area contributed by atoms with Gasteiger partial charge in [-0.3, -0.25) is 0 Å². The van der Waals surface area contributed by atoms with Gasteiger partial charge in [-0.05, 0) is 46.5 Å². The van der Waals surface area contributed by atoms with Crippen LogP contribution in [0.25, 0.3) is 10.1 Å². The van der Waals surface area contributed by atoms with E-state index in [4.69, 9.17) is 5.73 Å². The van der Waals surface area contributed by atoms with Crippen LogP contribution in [0.5, 0.6) is 0 Å². The zero-order chi connectivity index (χ0) is 15.4. The van der Waals surface area contributed by atoms with Crippen LogP contribution in [0, 0.1) is 5.82 Å². The number of nitrogens with one attached hydrogen (secondary N) is 1. The average Bonchev–Trinajstić information content (AvgIpc) is 2.96. The van der Waals surface area contributed by atoms with Gasteiger partial charge in [-0.2, -0.15) is 0 Å². The van der Waals surface area contributed by atoms with Crippen molar-refractivity contribution in [1.29, 1.82) is 0 Å². The SMILES string of the molecule is NCC(Cc1csc2ccccc12)NCc1ccc(F)cc1. The second-order valence-corrected chi connectivity index (χ2v) is 6.31. The molecule has 1 unspecified atom stereocenters. The van der Waals surface area contributed by atoms with Crippen LogP contribution < -0.4 is 11.1 Å². The fourth-order valence-electron chi connectivity index (χ4n) is 2.56. The van der Waals surface area contributed by atoms with Crippen molar-refractivity contribution in [3.05, 3.63) is 70.9 Å². The van der Waals surface area contributed by atoms with Gasteiger partial charge in [0.2, 0.25) is 0 Å². The van der Waals surface area contributed by atoms with E-state index >= 15 is 0 Å². The number of hydrogen-bond acceptors (Lipinski definition) is 3. The van der Waals surface area contributed by atoms with Crippen LogP contribution in [0.2, 0.25) is 0 Å². The maximum absolute atomic E-state index is 12.9. The normalized spacial score (nSPS) is 12.6. The highest BCUT2D eigenvalue weighted by atomic mass is 32.1. The molecule has 0 saturated carbocycles. The number of thiophene rings is 1. The van der Waals surface area contributed by atoms with Gasteiger partial charge in [-0.1, -0.05) is 30.3 Å². The molecule has 114 valence electrons. The molecule has 3 N–H and O–H groups in total. The molecule has 0 aliphatic rings. The second kappa shape index (κ2) is 7.01. The Balaban J connectivity index is 1.65. The number of rotatable bonds is 6. The molecule has 4 heteroatoms. The molecule has 3 rings (SSSR count). The van der Waals surface area contributed by atoms with Gasteiger partial charge in [-0.25, -0.2) is 4.39 Å². The molecule has 1 atom stereocenters. The topological polar surface area (TPSA) is 38.0 Å². The summed E-state index contributed by atoms with van der Waals surface area (Å²) in [5, 5.41) is 6.99. The van der Waals surface area contributed by atoms with Gasteiger partial charge in [0.25, 0.3) is 0 Å². The molecular formula is C18H19FN2S. The molecule has 0 saturated heterocycles. The van der Waals surface area contributed by atoms with E-state index in [-0.39, 0.29) is 11.9 Å². The third kappa shape index (κ3) is 3.53. The van der Waals surface area contributed by atoms with Crippen LogP contribution in [-0.4, -0.2) is 12.6 Å². The van der Waals surface area contributed by atoms with E-state index in [0.29, 0.717) is 13.1 Å². The van der Waals surface area contributed by atoms with E-state index in [1.807, 2.05) is 0 Å². The highest BCUT2D eigenvalue weighted by Gasteiger charge is 2.11.